The van der Waals surface area contributed by atoms with Crippen molar-refractivity contribution in [2.45, 2.75) is 31.0 Å². The summed E-state index contributed by atoms with van der Waals surface area (Å²) in [5, 5.41) is 19.7. The molecule has 0 bridgehead atoms. The van der Waals surface area contributed by atoms with Crippen molar-refractivity contribution in [3.8, 4) is 0 Å². The number of anilines is 1. The first-order valence-corrected chi connectivity index (χ1v) is 10.8. The molecule has 1 aliphatic heterocycles. The Balaban J connectivity index is 1.18. The van der Waals surface area contributed by atoms with Crippen LogP contribution in [0.15, 0.2) is 42.6 Å². The fourth-order valence-corrected chi connectivity index (χ4v) is 4.10. The lowest BCUT2D eigenvalue weighted by Crippen LogP contribution is -2.57. The summed E-state index contributed by atoms with van der Waals surface area (Å²) in [6.45, 7) is 1.62. The van der Waals surface area contributed by atoms with E-state index >= 15 is 0 Å². The summed E-state index contributed by atoms with van der Waals surface area (Å²) in [7, 11) is 1.35. The molecule has 4 N–H and O–H groups in total. The highest BCUT2D eigenvalue weighted by molar-refractivity contribution is 5.94. The summed E-state index contributed by atoms with van der Waals surface area (Å²) in [5.41, 5.74) is 3.17. The minimum absolute atomic E-state index is 0.0644. The maximum absolute atomic E-state index is 12.5. The summed E-state index contributed by atoms with van der Waals surface area (Å²) in [4.78, 5) is 29.7. The monoisotopic (exact) mass is 439 g/mol. The van der Waals surface area contributed by atoms with Crippen LogP contribution in [0.25, 0.3) is 0 Å². The Morgan fingerprint density at radius 3 is 2.56 bits per heavy atom. The Morgan fingerprint density at radius 1 is 1.16 bits per heavy atom. The molecular weight excluding hydrogens is 410 g/mol. The molecule has 1 saturated heterocycles. The van der Waals surface area contributed by atoms with E-state index in [9.17, 15) is 14.7 Å². The molecule has 4 rings (SSSR count). The molecule has 2 aliphatic rings. The van der Waals surface area contributed by atoms with Crippen LogP contribution in [-0.4, -0.2) is 78.5 Å². The van der Waals surface area contributed by atoms with Gasteiger partial charge in [-0.3, -0.25) is 4.79 Å². The van der Waals surface area contributed by atoms with E-state index in [1.807, 2.05) is 0 Å². The van der Waals surface area contributed by atoms with Gasteiger partial charge in [0.1, 0.15) is 5.82 Å². The number of benzene rings is 1. The molecule has 0 radical (unpaired) electrons. The Labute approximate surface area is 187 Å². The van der Waals surface area contributed by atoms with Crippen molar-refractivity contribution < 1.29 is 19.4 Å². The van der Waals surface area contributed by atoms with Gasteiger partial charge in [0.05, 0.1) is 19.3 Å². The molecule has 2 heterocycles. The van der Waals surface area contributed by atoms with Crippen molar-refractivity contribution >= 4 is 17.8 Å². The number of ether oxygens (including phenoxy) is 1. The van der Waals surface area contributed by atoms with Crippen LogP contribution in [0.1, 0.15) is 21.5 Å². The lowest BCUT2D eigenvalue weighted by atomic mass is 10.1. The third-order valence-electron chi connectivity index (χ3n) is 5.88. The third-order valence-corrected chi connectivity index (χ3v) is 5.88. The van der Waals surface area contributed by atoms with E-state index in [2.05, 4.69) is 49.9 Å². The summed E-state index contributed by atoms with van der Waals surface area (Å²) in [6.07, 6.45) is 2.45. The maximum atomic E-state index is 12.5. The average Bonchev–Trinajstić information content (AvgIpc) is 3.21. The molecule has 170 valence electrons. The number of hydrogen-bond acceptors (Lipinski definition) is 7. The number of methoxy groups -OCH3 is 1. The van der Waals surface area contributed by atoms with Crippen LogP contribution in [-0.2, 0) is 17.6 Å². The zero-order chi connectivity index (χ0) is 22.5. The number of likely N-dealkylation sites (tertiary alicyclic amines) is 1. The van der Waals surface area contributed by atoms with Crippen molar-refractivity contribution in [3.63, 3.8) is 0 Å². The fourth-order valence-electron chi connectivity index (χ4n) is 4.10. The van der Waals surface area contributed by atoms with Gasteiger partial charge >= 0.3 is 6.09 Å². The van der Waals surface area contributed by atoms with Crippen LogP contribution in [0, 0.1) is 0 Å². The van der Waals surface area contributed by atoms with Crippen molar-refractivity contribution in [2.75, 3.05) is 38.6 Å². The van der Waals surface area contributed by atoms with Gasteiger partial charge in [0.2, 0.25) is 0 Å². The average molecular weight is 440 g/mol. The summed E-state index contributed by atoms with van der Waals surface area (Å²) in [6, 6.07) is 12.1. The SMILES string of the molecule is COC(=O)N1CC(Nc2cc(C(=O)NCC(O)CNC3Cc4ccccc4C3)ccn2)C1. The van der Waals surface area contributed by atoms with E-state index in [-0.39, 0.29) is 24.6 Å². The normalized spacial score (nSPS) is 16.8. The molecule has 0 spiro atoms. The van der Waals surface area contributed by atoms with Crippen molar-refractivity contribution in [1.29, 1.82) is 0 Å². The van der Waals surface area contributed by atoms with Crippen molar-refractivity contribution in [2.24, 2.45) is 0 Å². The van der Waals surface area contributed by atoms with Crippen LogP contribution in [0.3, 0.4) is 0 Å². The van der Waals surface area contributed by atoms with Crippen LogP contribution in [0.4, 0.5) is 10.6 Å². The number of aromatic nitrogens is 1. The Morgan fingerprint density at radius 2 is 1.88 bits per heavy atom. The van der Waals surface area contributed by atoms with Gasteiger partial charge in [0, 0.05) is 44.0 Å². The van der Waals surface area contributed by atoms with Gasteiger partial charge in [-0.05, 0) is 36.1 Å². The molecule has 2 amide bonds. The number of nitrogens with zero attached hydrogens (tertiary/aromatic N) is 2. The van der Waals surface area contributed by atoms with Crippen molar-refractivity contribution in [3.05, 3.63) is 59.3 Å². The Bertz CT molecular complexity index is 938. The van der Waals surface area contributed by atoms with Crippen LogP contribution in [0.2, 0.25) is 0 Å². The highest BCUT2D eigenvalue weighted by Gasteiger charge is 2.31. The number of aliphatic hydroxyl groups excluding tert-OH is 1. The molecule has 9 heteroatoms. The van der Waals surface area contributed by atoms with Gasteiger partial charge in [-0.25, -0.2) is 9.78 Å². The number of pyridine rings is 1. The van der Waals surface area contributed by atoms with E-state index in [1.165, 1.54) is 18.2 Å². The first-order valence-electron chi connectivity index (χ1n) is 10.8. The first-order chi connectivity index (χ1) is 15.5. The van der Waals surface area contributed by atoms with E-state index in [0.29, 0.717) is 37.1 Å². The van der Waals surface area contributed by atoms with Gasteiger partial charge < -0.3 is 30.7 Å². The summed E-state index contributed by atoms with van der Waals surface area (Å²) in [5.74, 6) is 0.294. The zero-order valence-corrected chi connectivity index (χ0v) is 18.1. The molecule has 9 nitrogen and oxygen atoms in total. The number of nitrogens with one attached hydrogen (secondary N) is 3. The second-order valence-electron chi connectivity index (χ2n) is 8.29. The second-order valence-corrected chi connectivity index (χ2v) is 8.29. The molecular formula is C23H29N5O4. The minimum atomic E-state index is -0.679. The molecule has 1 unspecified atom stereocenters. The lowest BCUT2D eigenvalue weighted by molar-refractivity contribution is 0.0913. The van der Waals surface area contributed by atoms with E-state index in [0.717, 1.165) is 12.8 Å². The number of rotatable bonds is 8. The first kappa shape index (κ1) is 22.0. The quantitative estimate of drug-likeness (QED) is 0.481. The number of amides is 2. The molecule has 1 aromatic carbocycles. The van der Waals surface area contributed by atoms with Crippen molar-refractivity contribution in [1.82, 2.24) is 20.5 Å². The predicted octanol–water partition coefficient (Wildman–Crippen LogP) is 0.792. The van der Waals surface area contributed by atoms with Crippen LogP contribution >= 0.6 is 0 Å². The number of carbonyl (C=O) groups is 2. The lowest BCUT2D eigenvalue weighted by Gasteiger charge is -2.38. The Hall–Kier alpha value is -3.17. The summed E-state index contributed by atoms with van der Waals surface area (Å²) < 4.78 is 4.68. The van der Waals surface area contributed by atoms with Gasteiger partial charge in [-0.15, -0.1) is 0 Å². The molecule has 0 saturated carbocycles. The molecule has 32 heavy (non-hydrogen) atoms. The molecule has 2 aromatic rings. The van der Waals surface area contributed by atoms with Gasteiger partial charge in [0.15, 0.2) is 0 Å². The number of fused-ring (bicyclic) bond motifs is 1. The third kappa shape index (κ3) is 5.35. The Kier molecular flexibility index (Phi) is 6.87. The summed E-state index contributed by atoms with van der Waals surface area (Å²) >= 11 is 0. The second kappa shape index (κ2) is 9.97. The van der Waals surface area contributed by atoms with E-state index in [1.54, 1.807) is 23.2 Å². The molecule has 1 fully saturated rings. The standard InChI is InChI=1S/C23H29N5O4/c1-32-23(31)28-13-19(14-28)27-21-10-17(6-7-24-21)22(30)26-12-20(29)11-25-18-8-15-4-2-3-5-16(15)9-18/h2-7,10,18-20,25,29H,8-9,11-14H2,1H3,(H,24,27)(H,26,30). The maximum Gasteiger partial charge on any atom is 0.409 e. The van der Waals surface area contributed by atoms with Gasteiger partial charge in [0.25, 0.3) is 5.91 Å². The molecule has 1 aliphatic carbocycles. The van der Waals surface area contributed by atoms with Crippen LogP contribution in [0.5, 0.6) is 0 Å². The van der Waals surface area contributed by atoms with Crippen LogP contribution < -0.4 is 16.0 Å². The van der Waals surface area contributed by atoms with Gasteiger partial charge in [-0.1, -0.05) is 24.3 Å². The largest absolute Gasteiger partial charge is 0.453 e. The minimum Gasteiger partial charge on any atom is -0.453 e. The molecule has 1 atom stereocenters. The van der Waals surface area contributed by atoms with E-state index in [4.69, 9.17) is 0 Å². The zero-order valence-electron chi connectivity index (χ0n) is 18.1. The van der Waals surface area contributed by atoms with Gasteiger partial charge in [-0.2, -0.15) is 0 Å². The topological polar surface area (TPSA) is 116 Å². The highest BCUT2D eigenvalue weighted by atomic mass is 16.5. The van der Waals surface area contributed by atoms with E-state index < -0.39 is 6.10 Å². The highest BCUT2D eigenvalue weighted by Crippen LogP contribution is 2.21. The predicted molar refractivity (Wildman–Crippen MR) is 120 cm³/mol. The fraction of sp³-hybridized carbons (Fsp3) is 0.435. The number of hydrogen-bond donors (Lipinski definition) is 4. The number of carbonyl (C=O) groups excluding carboxylic acids is 2. The smallest absolute Gasteiger partial charge is 0.409 e. The number of aliphatic hydroxyl groups is 1. The molecule has 1 aromatic heterocycles.